The van der Waals surface area contributed by atoms with Crippen molar-refractivity contribution in [3.05, 3.63) is 29.3 Å². The zero-order valence-corrected chi connectivity index (χ0v) is 10.6. The molecule has 1 rings (SSSR count). The van der Waals surface area contributed by atoms with E-state index in [1.54, 1.807) is 19.2 Å². The molecule has 0 heterocycles. The number of hydrogen-bond acceptors (Lipinski definition) is 5. The Hall–Kier alpha value is -1.61. The number of hydrogen-bond donors (Lipinski definition) is 3. The second-order valence-corrected chi connectivity index (χ2v) is 3.98. The highest BCUT2D eigenvalue weighted by atomic mass is 16.5. The predicted octanol–water partition coefficient (Wildman–Crippen LogP) is 0.571. The van der Waals surface area contributed by atoms with E-state index < -0.39 is 12.2 Å². The Morgan fingerprint density at radius 2 is 2.17 bits per heavy atom. The molecule has 5 heteroatoms. The van der Waals surface area contributed by atoms with Crippen LogP contribution in [0.25, 0.3) is 0 Å². The topological polar surface area (TPSA) is 85.5 Å². The fourth-order valence-electron chi connectivity index (χ4n) is 1.67. The molecule has 0 aliphatic carbocycles. The van der Waals surface area contributed by atoms with E-state index in [0.29, 0.717) is 29.8 Å². The van der Waals surface area contributed by atoms with Crippen molar-refractivity contribution in [2.75, 3.05) is 20.7 Å². The summed E-state index contributed by atoms with van der Waals surface area (Å²) in [6.07, 6.45) is -1.43. The lowest BCUT2D eigenvalue weighted by atomic mass is 10.00. The van der Waals surface area contributed by atoms with Gasteiger partial charge in [-0.05, 0) is 37.7 Å². The highest BCUT2D eigenvalue weighted by molar-refractivity contribution is 5.46. The average Bonchev–Trinajstić information content (AvgIpc) is 2.42. The second-order valence-electron chi connectivity index (χ2n) is 3.98. The Morgan fingerprint density at radius 3 is 2.72 bits per heavy atom. The Bertz CT molecular complexity index is 429. The first kappa shape index (κ1) is 14.5. The van der Waals surface area contributed by atoms with Crippen molar-refractivity contribution in [3.8, 4) is 11.8 Å². The smallest absolute Gasteiger partial charge is 0.136 e. The molecule has 0 spiro atoms. The first-order chi connectivity index (χ1) is 8.63. The molecule has 0 bridgehead atoms. The Balaban J connectivity index is 2.86. The van der Waals surface area contributed by atoms with Crippen molar-refractivity contribution in [3.63, 3.8) is 0 Å². The molecule has 18 heavy (non-hydrogen) atoms. The van der Waals surface area contributed by atoms with Gasteiger partial charge < -0.3 is 20.3 Å². The van der Waals surface area contributed by atoms with Crippen LogP contribution >= 0.6 is 0 Å². The maximum Gasteiger partial charge on any atom is 0.136 e. The van der Waals surface area contributed by atoms with Crippen molar-refractivity contribution in [2.45, 2.75) is 18.6 Å². The van der Waals surface area contributed by atoms with Crippen LogP contribution < -0.4 is 10.1 Å². The minimum atomic E-state index is -1.00. The van der Waals surface area contributed by atoms with Gasteiger partial charge in [0.1, 0.15) is 17.9 Å². The van der Waals surface area contributed by atoms with Gasteiger partial charge in [-0.3, -0.25) is 0 Å². The SMILES string of the molecule is CNCCC(O)C(O)c1ccc(OC)c(C#N)c1. The van der Waals surface area contributed by atoms with Crippen molar-refractivity contribution >= 4 is 0 Å². The molecule has 0 amide bonds. The molecule has 0 saturated heterocycles. The summed E-state index contributed by atoms with van der Waals surface area (Å²) in [6, 6.07) is 6.79. The number of rotatable bonds is 6. The van der Waals surface area contributed by atoms with Gasteiger partial charge >= 0.3 is 0 Å². The van der Waals surface area contributed by atoms with Crippen molar-refractivity contribution in [1.82, 2.24) is 5.32 Å². The van der Waals surface area contributed by atoms with E-state index >= 15 is 0 Å². The third-order valence-electron chi connectivity index (χ3n) is 2.74. The second kappa shape index (κ2) is 6.97. The lowest BCUT2D eigenvalue weighted by Gasteiger charge is -2.18. The summed E-state index contributed by atoms with van der Waals surface area (Å²) in [6.45, 7) is 0.611. The number of nitrogens with one attached hydrogen (secondary N) is 1. The third-order valence-corrected chi connectivity index (χ3v) is 2.74. The summed E-state index contributed by atoms with van der Waals surface area (Å²) in [4.78, 5) is 0. The van der Waals surface area contributed by atoms with Gasteiger partial charge in [0.15, 0.2) is 0 Å². The molecular formula is C13H18N2O3. The molecular weight excluding hydrogens is 232 g/mol. The molecule has 0 fully saturated rings. The zero-order valence-electron chi connectivity index (χ0n) is 10.6. The van der Waals surface area contributed by atoms with Crippen molar-refractivity contribution in [1.29, 1.82) is 5.26 Å². The Labute approximate surface area is 107 Å². The molecule has 0 radical (unpaired) electrons. The monoisotopic (exact) mass is 250 g/mol. The van der Waals surface area contributed by atoms with Crippen molar-refractivity contribution in [2.24, 2.45) is 0 Å². The molecule has 1 aromatic carbocycles. The van der Waals surface area contributed by atoms with Crippen LogP contribution in [-0.2, 0) is 0 Å². The number of ether oxygens (including phenoxy) is 1. The molecule has 0 aliphatic rings. The third kappa shape index (κ3) is 3.44. The lowest BCUT2D eigenvalue weighted by Crippen LogP contribution is -2.23. The molecule has 98 valence electrons. The number of nitrogens with zero attached hydrogens (tertiary/aromatic N) is 1. The summed E-state index contributed by atoms with van der Waals surface area (Å²) in [5.41, 5.74) is 0.853. The molecule has 1 aromatic rings. The van der Waals surface area contributed by atoms with Gasteiger partial charge in [0.2, 0.25) is 0 Å². The molecule has 5 nitrogen and oxygen atoms in total. The van der Waals surface area contributed by atoms with Gasteiger partial charge in [0.05, 0.1) is 18.8 Å². The lowest BCUT2D eigenvalue weighted by molar-refractivity contribution is 0.0140. The van der Waals surface area contributed by atoms with E-state index in [2.05, 4.69) is 5.32 Å². The molecule has 0 saturated carbocycles. The number of aliphatic hydroxyl groups excluding tert-OH is 2. The van der Waals surface area contributed by atoms with Crippen LogP contribution in [-0.4, -0.2) is 37.0 Å². The summed E-state index contributed by atoms with van der Waals surface area (Å²) in [7, 11) is 3.26. The van der Waals surface area contributed by atoms with Gasteiger partial charge in [-0.2, -0.15) is 5.26 Å². The minimum Gasteiger partial charge on any atom is -0.495 e. The average molecular weight is 250 g/mol. The molecule has 2 unspecified atom stereocenters. The van der Waals surface area contributed by atoms with Gasteiger partial charge in [-0.1, -0.05) is 6.07 Å². The first-order valence-electron chi connectivity index (χ1n) is 5.72. The quantitative estimate of drug-likeness (QED) is 0.687. The van der Waals surface area contributed by atoms with Crippen LogP contribution in [0, 0.1) is 11.3 Å². The molecule has 3 N–H and O–H groups in total. The summed E-state index contributed by atoms with van der Waals surface area (Å²) >= 11 is 0. The van der Waals surface area contributed by atoms with E-state index in [1.165, 1.54) is 13.2 Å². The van der Waals surface area contributed by atoms with Crippen LogP contribution in [0.15, 0.2) is 18.2 Å². The van der Waals surface area contributed by atoms with Gasteiger partial charge in [-0.25, -0.2) is 0 Å². The maximum absolute atomic E-state index is 9.97. The molecule has 2 atom stereocenters. The standard InChI is InChI=1S/C13H18N2O3/c1-15-6-5-11(16)13(17)9-3-4-12(18-2)10(7-9)8-14/h3-4,7,11,13,15-17H,5-6H2,1-2H3. The number of aliphatic hydroxyl groups is 2. The Kier molecular flexibility index (Phi) is 5.59. The highest BCUT2D eigenvalue weighted by Gasteiger charge is 2.19. The largest absolute Gasteiger partial charge is 0.495 e. The van der Waals surface area contributed by atoms with Crippen molar-refractivity contribution < 1.29 is 14.9 Å². The summed E-state index contributed by atoms with van der Waals surface area (Å²) in [5, 5.41) is 31.6. The van der Waals surface area contributed by atoms with Crippen LogP contribution in [0.3, 0.4) is 0 Å². The predicted molar refractivity (Wildman–Crippen MR) is 67.2 cm³/mol. The fraction of sp³-hybridized carbons (Fsp3) is 0.462. The molecule has 0 aromatic heterocycles. The van der Waals surface area contributed by atoms with E-state index in [1.807, 2.05) is 6.07 Å². The normalized spacial score (nSPS) is 13.7. The van der Waals surface area contributed by atoms with Gasteiger partial charge in [0.25, 0.3) is 0 Å². The molecule has 0 aliphatic heterocycles. The van der Waals surface area contributed by atoms with Crippen LogP contribution in [0.1, 0.15) is 23.7 Å². The van der Waals surface area contributed by atoms with E-state index in [0.717, 1.165) is 0 Å². The van der Waals surface area contributed by atoms with Gasteiger partial charge in [0, 0.05) is 0 Å². The van der Waals surface area contributed by atoms with Crippen LogP contribution in [0.2, 0.25) is 0 Å². The van der Waals surface area contributed by atoms with E-state index in [9.17, 15) is 10.2 Å². The fourth-order valence-corrected chi connectivity index (χ4v) is 1.67. The summed E-state index contributed by atoms with van der Waals surface area (Å²) in [5.74, 6) is 0.457. The van der Waals surface area contributed by atoms with Gasteiger partial charge in [-0.15, -0.1) is 0 Å². The van der Waals surface area contributed by atoms with Crippen LogP contribution in [0.4, 0.5) is 0 Å². The first-order valence-corrected chi connectivity index (χ1v) is 5.72. The zero-order chi connectivity index (χ0) is 13.5. The van der Waals surface area contributed by atoms with E-state index in [4.69, 9.17) is 10.00 Å². The number of methoxy groups -OCH3 is 1. The maximum atomic E-state index is 9.97. The summed E-state index contributed by atoms with van der Waals surface area (Å²) < 4.78 is 5.02. The van der Waals surface area contributed by atoms with E-state index in [-0.39, 0.29) is 0 Å². The highest BCUT2D eigenvalue weighted by Crippen LogP contribution is 2.25. The number of nitriles is 1. The Morgan fingerprint density at radius 1 is 1.44 bits per heavy atom. The number of benzene rings is 1. The minimum absolute atomic E-state index is 0.342. The van der Waals surface area contributed by atoms with Crippen LogP contribution in [0.5, 0.6) is 5.75 Å².